The molecule has 1 saturated heterocycles. The summed E-state index contributed by atoms with van der Waals surface area (Å²) in [5.41, 5.74) is 2.72. The highest BCUT2D eigenvalue weighted by Gasteiger charge is 2.34. The van der Waals surface area contributed by atoms with Gasteiger partial charge in [-0.25, -0.2) is 0 Å². The van der Waals surface area contributed by atoms with Gasteiger partial charge in [0.2, 0.25) is 5.91 Å². The van der Waals surface area contributed by atoms with Gasteiger partial charge in [-0.15, -0.1) is 0 Å². The van der Waals surface area contributed by atoms with Crippen LogP contribution in [0.5, 0.6) is 5.75 Å². The Morgan fingerprint density at radius 1 is 1.03 bits per heavy atom. The largest absolute Gasteiger partial charge is 0.492 e. The molecule has 0 saturated carbocycles. The smallest absolute Gasteiger partial charge is 0.224 e. The van der Waals surface area contributed by atoms with E-state index in [-0.39, 0.29) is 17.9 Å². The van der Waals surface area contributed by atoms with Crippen molar-refractivity contribution >= 4 is 16.7 Å². The summed E-state index contributed by atoms with van der Waals surface area (Å²) in [6.45, 7) is 6.19. The van der Waals surface area contributed by atoms with Crippen LogP contribution >= 0.6 is 0 Å². The van der Waals surface area contributed by atoms with E-state index in [1.807, 2.05) is 6.07 Å². The second-order valence-electron chi connectivity index (χ2n) is 9.69. The van der Waals surface area contributed by atoms with E-state index in [1.54, 1.807) is 0 Å². The number of hydrogen-bond acceptors (Lipinski definition) is 4. The first-order valence-electron chi connectivity index (χ1n) is 12.5. The van der Waals surface area contributed by atoms with Crippen LogP contribution in [0.1, 0.15) is 30.5 Å². The summed E-state index contributed by atoms with van der Waals surface area (Å²) in [6.07, 6.45) is 1.96. The molecule has 5 nitrogen and oxygen atoms in total. The van der Waals surface area contributed by atoms with Gasteiger partial charge in [-0.2, -0.15) is 0 Å². The molecule has 0 aliphatic carbocycles. The normalized spacial score (nSPS) is 23.1. The van der Waals surface area contributed by atoms with Gasteiger partial charge < -0.3 is 15.0 Å². The molecule has 2 aliphatic heterocycles. The lowest BCUT2D eigenvalue weighted by atomic mass is 9.92. The topological polar surface area (TPSA) is 44.8 Å². The zero-order chi connectivity index (χ0) is 23.5. The van der Waals surface area contributed by atoms with Gasteiger partial charge in [0.05, 0.1) is 12.0 Å². The highest BCUT2D eigenvalue weighted by molar-refractivity contribution is 5.88. The molecule has 2 aliphatic rings. The molecule has 1 amide bonds. The molecule has 1 unspecified atom stereocenters. The molecule has 1 fully saturated rings. The number of rotatable bonds is 7. The van der Waals surface area contributed by atoms with Crippen molar-refractivity contribution < 1.29 is 9.53 Å². The minimum absolute atomic E-state index is 0.0759. The second kappa shape index (κ2) is 10.2. The van der Waals surface area contributed by atoms with E-state index in [4.69, 9.17) is 4.74 Å². The number of fused-ring (bicyclic) bond motifs is 2. The lowest BCUT2D eigenvalue weighted by molar-refractivity contribution is -0.125. The van der Waals surface area contributed by atoms with E-state index in [0.29, 0.717) is 19.2 Å². The molecule has 34 heavy (non-hydrogen) atoms. The maximum atomic E-state index is 13.0. The summed E-state index contributed by atoms with van der Waals surface area (Å²) >= 11 is 0. The average molecular weight is 458 g/mol. The predicted octanol–water partition coefficient (Wildman–Crippen LogP) is 4.27. The van der Waals surface area contributed by atoms with Crippen molar-refractivity contribution in [3.8, 4) is 5.75 Å². The number of benzene rings is 3. The minimum atomic E-state index is 0.0759. The van der Waals surface area contributed by atoms with Crippen LogP contribution in [0, 0.1) is 5.92 Å². The molecule has 3 aromatic rings. The van der Waals surface area contributed by atoms with E-state index in [9.17, 15) is 4.79 Å². The molecule has 1 N–H and O–H groups in total. The van der Waals surface area contributed by atoms with Crippen LogP contribution in [0.3, 0.4) is 0 Å². The fourth-order valence-electron chi connectivity index (χ4n) is 5.58. The van der Waals surface area contributed by atoms with Crippen molar-refractivity contribution in [2.45, 2.75) is 31.8 Å². The molecule has 5 rings (SSSR count). The number of likely N-dealkylation sites (tertiary alicyclic amines) is 1. The number of amides is 1. The standard InChI is InChI=1S/C29H35N3O2/c1-21-24(15-16-31(21)2)29(33)30-20-27-25-11-5-3-9-23(25)14-17-32(27)18-19-34-28-13-7-10-22-8-4-6-12-26(22)28/h3-13,21,24,27H,14-20H2,1-2H3,(H,30,33)/t21-,24-,27?/m1/s1. The number of ether oxygens (including phenoxy) is 1. The first kappa shape index (κ1) is 22.9. The highest BCUT2D eigenvalue weighted by Crippen LogP contribution is 2.30. The summed E-state index contributed by atoms with van der Waals surface area (Å²) in [5, 5.41) is 5.64. The van der Waals surface area contributed by atoms with E-state index in [2.05, 4.69) is 89.8 Å². The molecule has 0 spiro atoms. The Morgan fingerprint density at radius 3 is 2.68 bits per heavy atom. The van der Waals surface area contributed by atoms with Crippen LogP contribution in [-0.4, -0.2) is 61.6 Å². The summed E-state index contributed by atoms with van der Waals surface area (Å²) in [4.78, 5) is 17.8. The molecule has 0 bridgehead atoms. The Labute approximate surface area is 202 Å². The number of hydrogen-bond donors (Lipinski definition) is 1. The summed E-state index contributed by atoms with van der Waals surface area (Å²) < 4.78 is 6.26. The van der Waals surface area contributed by atoms with E-state index in [0.717, 1.165) is 43.6 Å². The maximum absolute atomic E-state index is 13.0. The van der Waals surface area contributed by atoms with Crippen LogP contribution in [0.15, 0.2) is 66.7 Å². The van der Waals surface area contributed by atoms with E-state index >= 15 is 0 Å². The summed E-state index contributed by atoms with van der Waals surface area (Å²) in [6, 6.07) is 23.7. The lowest BCUT2D eigenvalue weighted by Gasteiger charge is -2.37. The van der Waals surface area contributed by atoms with Crippen molar-refractivity contribution in [1.82, 2.24) is 15.1 Å². The van der Waals surface area contributed by atoms with Gasteiger partial charge in [0.25, 0.3) is 0 Å². The third-order valence-corrected chi connectivity index (χ3v) is 7.79. The molecule has 2 heterocycles. The van der Waals surface area contributed by atoms with Gasteiger partial charge in [0.1, 0.15) is 12.4 Å². The van der Waals surface area contributed by atoms with Gasteiger partial charge in [0.15, 0.2) is 0 Å². The molecule has 0 aromatic heterocycles. The van der Waals surface area contributed by atoms with Gasteiger partial charge in [0, 0.05) is 31.1 Å². The average Bonchev–Trinajstić information content (AvgIpc) is 3.21. The molecular weight excluding hydrogens is 422 g/mol. The van der Waals surface area contributed by atoms with Crippen molar-refractivity contribution in [3.05, 3.63) is 77.9 Å². The minimum Gasteiger partial charge on any atom is -0.492 e. The zero-order valence-electron chi connectivity index (χ0n) is 20.2. The number of carbonyl (C=O) groups excluding carboxylic acids is 1. The van der Waals surface area contributed by atoms with Crippen LogP contribution in [0.2, 0.25) is 0 Å². The first-order chi connectivity index (χ1) is 16.6. The Morgan fingerprint density at radius 2 is 1.82 bits per heavy atom. The van der Waals surface area contributed by atoms with Crippen LogP contribution < -0.4 is 10.1 Å². The van der Waals surface area contributed by atoms with Crippen molar-refractivity contribution in [1.29, 1.82) is 0 Å². The second-order valence-corrected chi connectivity index (χ2v) is 9.69. The zero-order valence-corrected chi connectivity index (χ0v) is 20.2. The number of nitrogens with zero attached hydrogens (tertiary/aromatic N) is 2. The maximum Gasteiger partial charge on any atom is 0.224 e. The monoisotopic (exact) mass is 457 g/mol. The SMILES string of the molecule is C[C@@H]1[C@H](C(=O)NCC2c3ccccc3CCN2CCOc2cccc3ccccc23)CCN1C. The van der Waals surface area contributed by atoms with Crippen LogP contribution in [0.25, 0.3) is 10.8 Å². The predicted molar refractivity (Wildman–Crippen MR) is 137 cm³/mol. The molecule has 3 atom stereocenters. The molecule has 0 radical (unpaired) electrons. The Balaban J connectivity index is 1.26. The molecular formula is C29H35N3O2. The number of nitrogens with one attached hydrogen (secondary N) is 1. The third kappa shape index (κ3) is 4.68. The molecule has 178 valence electrons. The highest BCUT2D eigenvalue weighted by atomic mass is 16.5. The van der Waals surface area contributed by atoms with Crippen LogP contribution in [-0.2, 0) is 11.2 Å². The summed E-state index contributed by atoms with van der Waals surface area (Å²) in [7, 11) is 2.10. The van der Waals surface area contributed by atoms with Gasteiger partial charge >= 0.3 is 0 Å². The fraction of sp³-hybridized carbons (Fsp3) is 0.414. The Hall–Kier alpha value is -2.89. The fourth-order valence-corrected chi connectivity index (χ4v) is 5.58. The summed E-state index contributed by atoms with van der Waals surface area (Å²) in [5.74, 6) is 1.19. The van der Waals surface area contributed by atoms with Gasteiger partial charge in [-0.1, -0.05) is 60.7 Å². The van der Waals surface area contributed by atoms with Gasteiger partial charge in [-0.05, 0) is 55.9 Å². The molecule has 5 heteroatoms. The van der Waals surface area contributed by atoms with E-state index in [1.165, 1.54) is 16.5 Å². The third-order valence-electron chi connectivity index (χ3n) is 7.79. The van der Waals surface area contributed by atoms with Gasteiger partial charge in [-0.3, -0.25) is 9.69 Å². The quantitative estimate of drug-likeness (QED) is 0.575. The van der Waals surface area contributed by atoms with Crippen molar-refractivity contribution in [2.75, 3.05) is 39.8 Å². The van der Waals surface area contributed by atoms with Crippen LogP contribution in [0.4, 0.5) is 0 Å². The van der Waals surface area contributed by atoms with Crippen molar-refractivity contribution in [2.24, 2.45) is 5.92 Å². The number of carbonyl (C=O) groups is 1. The Kier molecular flexibility index (Phi) is 6.84. The van der Waals surface area contributed by atoms with E-state index < -0.39 is 0 Å². The molecule has 3 aromatic carbocycles. The first-order valence-corrected chi connectivity index (χ1v) is 12.5. The van der Waals surface area contributed by atoms with Crippen molar-refractivity contribution in [3.63, 3.8) is 0 Å². The Bertz CT molecular complexity index is 1140. The lowest BCUT2D eigenvalue weighted by Crippen LogP contribution is -2.45.